The highest BCUT2D eigenvalue weighted by Gasteiger charge is 2.31. The lowest BCUT2D eigenvalue weighted by Crippen LogP contribution is -2.39. The Balaban J connectivity index is 1.53. The Morgan fingerprint density at radius 1 is 1.30 bits per heavy atom. The molecule has 7 nitrogen and oxygen atoms in total. The fourth-order valence-corrected chi connectivity index (χ4v) is 4.89. The van der Waals surface area contributed by atoms with E-state index in [1.165, 1.54) is 12.5 Å². The van der Waals surface area contributed by atoms with Crippen molar-refractivity contribution in [2.75, 3.05) is 18.8 Å². The first-order valence-electron chi connectivity index (χ1n) is 8.13. The summed E-state index contributed by atoms with van der Waals surface area (Å²) in [4.78, 5) is 10.8. The Labute approximate surface area is 135 Å². The third-order valence-corrected chi connectivity index (χ3v) is 6.92. The Hall–Kier alpha value is -1.41. The van der Waals surface area contributed by atoms with E-state index in [0.29, 0.717) is 37.5 Å². The zero-order chi connectivity index (χ0) is 16.4. The zero-order valence-electron chi connectivity index (χ0n) is 13.0. The van der Waals surface area contributed by atoms with E-state index in [4.69, 9.17) is 9.63 Å². The molecular weight excluding hydrogens is 320 g/mol. The minimum Gasteiger partial charge on any atom is -0.475 e. The summed E-state index contributed by atoms with van der Waals surface area (Å²) in [6.07, 6.45) is 5.62. The Morgan fingerprint density at radius 2 is 2.00 bits per heavy atom. The molecule has 0 radical (unpaired) electrons. The van der Waals surface area contributed by atoms with E-state index in [0.717, 1.165) is 19.3 Å². The molecule has 0 spiro atoms. The highest BCUT2D eigenvalue weighted by atomic mass is 32.2. The normalized spacial score (nSPS) is 21.2. The lowest BCUT2D eigenvalue weighted by atomic mass is 9.84. The first kappa shape index (κ1) is 16.4. The number of aromatic carboxylic acids is 1. The highest BCUT2D eigenvalue weighted by Crippen LogP contribution is 2.32. The number of sulfonamides is 1. The monoisotopic (exact) mass is 342 g/mol. The number of carboxylic acids is 1. The molecule has 1 aromatic rings. The van der Waals surface area contributed by atoms with Crippen molar-refractivity contribution in [3.63, 3.8) is 0 Å². The molecule has 1 N–H and O–H groups in total. The van der Waals surface area contributed by atoms with Crippen LogP contribution < -0.4 is 0 Å². The van der Waals surface area contributed by atoms with Crippen molar-refractivity contribution in [3.8, 4) is 0 Å². The fraction of sp³-hybridized carbons (Fsp3) is 0.733. The van der Waals surface area contributed by atoms with Gasteiger partial charge in [0.15, 0.2) is 0 Å². The summed E-state index contributed by atoms with van der Waals surface area (Å²) in [7, 11) is -3.17. The molecule has 8 heteroatoms. The Kier molecular flexibility index (Phi) is 4.72. The van der Waals surface area contributed by atoms with Crippen molar-refractivity contribution in [2.24, 2.45) is 5.92 Å². The molecule has 0 unspecified atom stereocenters. The van der Waals surface area contributed by atoms with Crippen molar-refractivity contribution in [1.82, 2.24) is 9.46 Å². The van der Waals surface area contributed by atoms with E-state index in [1.54, 1.807) is 4.31 Å². The maximum Gasteiger partial charge on any atom is 0.374 e. The van der Waals surface area contributed by atoms with Crippen LogP contribution in [0.15, 0.2) is 10.6 Å². The summed E-state index contributed by atoms with van der Waals surface area (Å²) in [5, 5.41) is 12.7. The third kappa shape index (κ3) is 3.74. The molecule has 1 saturated carbocycles. The summed E-state index contributed by atoms with van der Waals surface area (Å²) < 4.78 is 31.1. The van der Waals surface area contributed by atoms with E-state index in [9.17, 15) is 13.2 Å². The first-order chi connectivity index (χ1) is 11.0. The minimum atomic E-state index is -3.17. The SMILES string of the molecule is O=C(O)c1cc(C2CCN(S(=O)(=O)CCC3CCC3)CC2)no1. The first-order valence-corrected chi connectivity index (χ1v) is 9.74. The molecule has 0 atom stereocenters. The van der Waals surface area contributed by atoms with Gasteiger partial charge in [0.2, 0.25) is 15.8 Å². The predicted molar refractivity (Wildman–Crippen MR) is 82.8 cm³/mol. The molecule has 1 aromatic heterocycles. The van der Waals surface area contributed by atoms with Crippen molar-refractivity contribution in [2.45, 2.75) is 44.4 Å². The highest BCUT2D eigenvalue weighted by molar-refractivity contribution is 7.89. The van der Waals surface area contributed by atoms with E-state index < -0.39 is 16.0 Å². The summed E-state index contributed by atoms with van der Waals surface area (Å²) >= 11 is 0. The van der Waals surface area contributed by atoms with Gasteiger partial charge in [-0.15, -0.1) is 0 Å². The van der Waals surface area contributed by atoms with Crippen LogP contribution in [0.4, 0.5) is 0 Å². The van der Waals surface area contributed by atoms with Crippen molar-refractivity contribution in [1.29, 1.82) is 0 Å². The van der Waals surface area contributed by atoms with Crippen LogP contribution in [0, 0.1) is 5.92 Å². The molecule has 3 rings (SSSR count). The van der Waals surface area contributed by atoms with Gasteiger partial charge in [-0.25, -0.2) is 17.5 Å². The molecule has 0 aromatic carbocycles. The maximum absolute atomic E-state index is 12.4. The quantitative estimate of drug-likeness (QED) is 0.849. The van der Waals surface area contributed by atoms with E-state index in [-0.39, 0.29) is 17.4 Å². The predicted octanol–water partition coefficient (Wildman–Crippen LogP) is 2.07. The van der Waals surface area contributed by atoms with Crippen LogP contribution in [0.2, 0.25) is 0 Å². The smallest absolute Gasteiger partial charge is 0.374 e. The molecule has 2 fully saturated rings. The summed E-state index contributed by atoms with van der Waals surface area (Å²) in [6.45, 7) is 0.930. The van der Waals surface area contributed by atoms with Gasteiger partial charge in [0.1, 0.15) is 0 Å². The van der Waals surface area contributed by atoms with Crippen molar-refractivity contribution >= 4 is 16.0 Å². The van der Waals surface area contributed by atoms with Gasteiger partial charge >= 0.3 is 5.97 Å². The average Bonchev–Trinajstić information content (AvgIpc) is 2.95. The number of hydrogen-bond acceptors (Lipinski definition) is 5. The van der Waals surface area contributed by atoms with Crippen LogP contribution in [-0.2, 0) is 10.0 Å². The van der Waals surface area contributed by atoms with Crippen molar-refractivity contribution < 1.29 is 22.8 Å². The number of hydrogen-bond donors (Lipinski definition) is 1. The number of nitrogens with zero attached hydrogens (tertiary/aromatic N) is 2. The van der Waals surface area contributed by atoms with Crippen LogP contribution in [0.5, 0.6) is 0 Å². The Bertz CT molecular complexity index is 657. The van der Waals surface area contributed by atoms with Gasteiger partial charge in [0, 0.05) is 25.1 Å². The van der Waals surface area contributed by atoms with Crippen LogP contribution in [0.25, 0.3) is 0 Å². The molecule has 0 amide bonds. The van der Waals surface area contributed by atoms with E-state index in [1.807, 2.05) is 0 Å². The summed E-state index contributed by atoms with van der Waals surface area (Å²) in [6, 6.07) is 1.44. The lowest BCUT2D eigenvalue weighted by molar-refractivity contribution is 0.0651. The van der Waals surface area contributed by atoms with Crippen LogP contribution in [-0.4, -0.2) is 47.8 Å². The fourth-order valence-electron chi connectivity index (χ4n) is 3.24. The van der Waals surface area contributed by atoms with Gasteiger partial charge in [-0.05, 0) is 25.2 Å². The third-order valence-electron chi connectivity index (χ3n) is 5.01. The van der Waals surface area contributed by atoms with Crippen LogP contribution >= 0.6 is 0 Å². The average molecular weight is 342 g/mol. The molecule has 0 bridgehead atoms. The van der Waals surface area contributed by atoms with Crippen LogP contribution in [0.1, 0.15) is 60.7 Å². The second kappa shape index (κ2) is 6.60. The molecule has 1 saturated heterocycles. The Morgan fingerprint density at radius 3 is 2.52 bits per heavy atom. The largest absolute Gasteiger partial charge is 0.475 e. The topological polar surface area (TPSA) is 101 Å². The van der Waals surface area contributed by atoms with Crippen LogP contribution in [0.3, 0.4) is 0 Å². The van der Waals surface area contributed by atoms with Gasteiger partial charge in [-0.1, -0.05) is 24.4 Å². The molecule has 1 aliphatic carbocycles. The molecule has 23 heavy (non-hydrogen) atoms. The number of aromatic nitrogens is 1. The van der Waals surface area contributed by atoms with E-state index in [2.05, 4.69) is 5.16 Å². The second-order valence-corrected chi connectivity index (χ2v) is 8.58. The molecule has 2 heterocycles. The minimum absolute atomic E-state index is 0.0601. The molecule has 128 valence electrons. The zero-order valence-corrected chi connectivity index (χ0v) is 13.8. The van der Waals surface area contributed by atoms with Gasteiger partial charge in [0.25, 0.3) is 0 Å². The number of carbonyl (C=O) groups is 1. The van der Waals surface area contributed by atoms with Crippen molar-refractivity contribution in [3.05, 3.63) is 17.5 Å². The standard InChI is InChI=1S/C15H22N2O5S/c18-15(19)14-10-13(16-22-14)12-4-7-17(8-5-12)23(20,21)9-6-11-2-1-3-11/h10-12H,1-9H2,(H,18,19). The second-order valence-electron chi connectivity index (χ2n) is 6.50. The molecular formula is C15H22N2O5S. The maximum atomic E-state index is 12.4. The number of piperidine rings is 1. The van der Waals surface area contributed by atoms with Gasteiger partial charge in [-0.2, -0.15) is 0 Å². The summed E-state index contributed by atoms with van der Waals surface area (Å²) in [5.74, 6) is -0.415. The van der Waals surface area contributed by atoms with Gasteiger partial charge in [-0.3, -0.25) is 0 Å². The lowest BCUT2D eigenvalue weighted by Gasteiger charge is -2.31. The van der Waals surface area contributed by atoms with Gasteiger partial charge in [0.05, 0.1) is 11.4 Å². The van der Waals surface area contributed by atoms with Gasteiger partial charge < -0.3 is 9.63 Å². The van der Waals surface area contributed by atoms with E-state index >= 15 is 0 Å². The molecule has 2 aliphatic rings. The number of rotatable bonds is 6. The molecule has 1 aliphatic heterocycles. The number of carboxylic acid groups (broad SMARTS) is 1. The summed E-state index contributed by atoms with van der Waals surface area (Å²) in [5.41, 5.74) is 0.605.